The first-order valence-corrected chi connectivity index (χ1v) is 11.6. The van der Waals surface area contributed by atoms with Crippen LogP contribution >= 0.6 is 0 Å². The van der Waals surface area contributed by atoms with Crippen LogP contribution in [0.4, 0.5) is 5.69 Å². The first kappa shape index (κ1) is 23.1. The molecule has 0 aliphatic carbocycles. The minimum Gasteiger partial charge on any atom is -0.494 e. The van der Waals surface area contributed by atoms with Crippen LogP contribution in [-0.2, 0) is 12.8 Å². The highest BCUT2D eigenvalue weighted by atomic mass is 16.5. The van der Waals surface area contributed by atoms with Crippen LogP contribution in [0, 0.1) is 0 Å². The van der Waals surface area contributed by atoms with Crippen molar-refractivity contribution in [2.24, 2.45) is 0 Å². The number of carbonyl (C=O) groups is 1. The number of carbonyl (C=O) groups excluding carboxylic acids is 1. The van der Waals surface area contributed by atoms with Gasteiger partial charge in [-0.2, -0.15) is 0 Å². The zero-order valence-corrected chi connectivity index (χ0v) is 19.2. The van der Waals surface area contributed by atoms with Gasteiger partial charge in [-0.3, -0.25) is 4.79 Å². The number of para-hydroxylation sites is 1. The van der Waals surface area contributed by atoms with Gasteiger partial charge in [-0.05, 0) is 48.2 Å². The number of amides is 1. The first-order valence-electron chi connectivity index (χ1n) is 11.6. The van der Waals surface area contributed by atoms with Crippen molar-refractivity contribution < 1.29 is 14.3 Å². The van der Waals surface area contributed by atoms with E-state index in [1.807, 2.05) is 66.7 Å². The SMILES string of the molecule is O=C(Nc1cccc(OCCCc2ccccc2)c1)c1ccccc1OCCc1ccccc1. The van der Waals surface area contributed by atoms with E-state index >= 15 is 0 Å². The average Bonchev–Trinajstić information content (AvgIpc) is 2.88. The summed E-state index contributed by atoms with van der Waals surface area (Å²) in [4.78, 5) is 13.0. The Morgan fingerprint density at radius 3 is 2.09 bits per heavy atom. The molecule has 172 valence electrons. The molecular formula is C30H29NO3. The molecule has 0 aromatic heterocycles. The second-order valence-corrected chi connectivity index (χ2v) is 8.00. The minimum atomic E-state index is -0.212. The standard InChI is InChI=1S/C30H29NO3/c32-30(28-18-7-8-19-29(28)34-22-20-25-13-5-2-6-14-25)31-26-16-9-17-27(23-26)33-21-10-15-24-11-3-1-4-12-24/h1-9,11-14,16-19,23H,10,15,20-22H2,(H,31,32). The van der Waals surface area contributed by atoms with Gasteiger partial charge in [0.25, 0.3) is 5.91 Å². The average molecular weight is 452 g/mol. The molecule has 4 rings (SSSR count). The van der Waals surface area contributed by atoms with Gasteiger partial charge >= 0.3 is 0 Å². The second-order valence-electron chi connectivity index (χ2n) is 8.00. The van der Waals surface area contributed by atoms with E-state index in [2.05, 4.69) is 41.7 Å². The van der Waals surface area contributed by atoms with Crippen molar-refractivity contribution in [3.05, 3.63) is 126 Å². The molecule has 1 amide bonds. The number of ether oxygens (including phenoxy) is 2. The summed E-state index contributed by atoms with van der Waals surface area (Å²) < 4.78 is 11.8. The predicted molar refractivity (Wildman–Crippen MR) is 137 cm³/mol. The maximum atomic E-state index is 13.0. The van der Waals surface area contributed by atoms with Crippen LogP contribution in [0.2, 0.25) is 0 Å². The van der Waals surface area contributed by atoms with Gasteiger partial charge in [-0.1, -0.05) is 78.9 Å². The molecular weight excluding hydrogens is 422 g/mol. The van der Waals surface area contributed by atoms with Crippen molar-refractivity contribution in [3.63, 3.8) is 0 Å². The van der Waals surface area contributed by atoms with E-state index in [-0.39, 0.29) is 5.91 Å². The van der Waals surface area contributed by atoms with Crippen LogP contribution in [0.25, 0.3) is 0 Å². The van der Waals surface area contributed by atoms with Crippen molar-refractivity contribution in [1.82, 2.24) is 0 Å². The van der Waals surface area contributed by atoms with Gasteiger partial charge in [0.1, 0.15) is 11.5 Å². The highest BCUT2D eigenvalue weighted by Gasteiger charge is 2.13. The van der Waals surface area contributed by atoms with E-state index in [0.29, 0.717) is 30.2 Å². The summed E-state index contributed by atoms with van der Waals surface area (Å²) in [6.07, 6.45) is 2.67. The zero-order valence-electron chi connectivity index (χ0n) is 19.2. The van der Waals surface area contributed by atoms with Crippen LogP contribution in [0.1, 0.15) is 27.9 Å². The topological polar surface area (TPSA) is 47.6 Å². The third-order valence-electron chi connectivity index (χ3n) is 5.44. The summed E-state index contributed by atoms with van der Waals surface area (Å²) in [6, 6.07) is 35.3. The molecule has 4 aromatic carbocycles. The van der Waals surface area contributed by atoms with Crippen molar-refractivity contribution in [2.75, 3.05) is 18.5 Å². The molecule has 0 fully saturated rings. The van der Waals surface area contributed by atoms with Crippen LogP contribution in [0.15, 0.2) is 109 Å². The van der Waals surface area contributed by atoms with Crippen LogP contribution in [-0.4, -0.2) is 19.1 Å². The van der Waals surface area contributed by atoms with Crippen molar-refractivity contribution >= 4 is 11.6 Å². The second kappa shape index (κ2) is 12.3. The lowest BCUT2D eigenvalue weighted by atomic mass is 10.1. The molecule has 4 heteroatoms. The molecule has 0 aliphatic heterocycles. The van der Waals surface area contributed by atoms with Gasteiger partial charge in [0.15, 0.2) is 0 Å². The number of nitrogens with one attached hydrogen (secondary N) is 1. The molecule has 0 saturated carbocycles. The summed E-state index contributed by atoms with van der Waals surface area (Å²) in [5.41, 5.74) is 3.69. The van der Waals surface area contributed by atoms with Gasteiger partial charge in [0, 0.05) is 18.2 Å². The fraction of sp³-hybridized carbons (Fsp3) is 0.167. The maximum absolute atomic E-state index is 13.0. The quantitative estimate of drug-likeness (QED) is 0.262. The predicted octanol–water partition coefficient (Wildman–Crippen LogP) is 6.57. The molecule has 0 spiro atoms. The molecule has 1 N–H and O–H groups in total. The third kappa shape index (κ3) is 6.97. The lowest BCUT2D eigenvalue weighted by Gasteiger charge is -2.13. The molecule has 0 aliphatic rings. The van der Waals surface area contributed by atoms with Gasteiger partial charge in [-0.15, -0.1) is 0 Å². The highest BCUT2D eigenvalue weighted by molar-refractivity contribution is 6.06. The molecule has 0 radical (unpaired) electrons. The summed E-state index contributed by atoms with van der Waals surface area (Å²) >= 11 is 0. The summed E-state index contributed by atoms with van der Waals surface area (Å²) in [7, 11) is 0. The van der Waals surface area contributed by atoms with Crippen LogP contribution in [0.5, 0.6) is 11.5 Å². The number of rotatable bonds is 11. The number of benzene rings is 4. The zero-order chi connectivity index (χ0) is 23.4. The fourth-order valence-electron chi connectivity index (χ4n) is 3.68. The molecule has 34 heavy (non-hydrogen) atoms. The normalized spacial score (nSPS) is 10.5. The summed E-state index contributed by atoms with van der Waals surface area (Å²) in [6.45, 7) is 1.12. The van der Waals surface area contributed by atoms with Crippen molar-refractivity contribution in [2.45, 2.75) is 19.3 Å². The Bertz CT molecular complexity index is 1180. The van der Waals surface area contributed by atoms with Gasteiger partial charge in [-0.25, -0.2) is 0 Å². The molecule has 0 unspecified atom stereocenters. The van der Waals surface area contributed by atoms with E-state index in [0.717, 1.165) is 25.0 Å². The van der Waals surface area contributed by atoms with E-state index < -0.39 is 0 Å². The number of anilines is 1. The largest absolute Gasteiger partial charge is 0.494 e. The third-order valence-corrected chi connectivity index (χ3v) is 5.44. The maximum Gasteiger partial charge on any atom is 0.259 e. The summed E-state index contributed by atoms with van der Waals surface area (Å²) in [5, 5.41) is 2.96. The number of hydrogen-bond acceptors (Lipinski definition) is 3. The van der Waals surface area contributed by atoms with E-state index in [1.165, 1.54) is 11.1 Å². The van der Waals surface area contributed by atoms with Crippen molar-refractivity contribution in [3.8, 4) is 11.5 Å². The molecule has 0 saturated heterocycles. The minimum absolute atomic E-state index is 0.212. The van der Waals surface area contributed by atoms with Crippen LogP contribution in [0.3, 0.4) is 0 Å². The number of aryl methyl sites for hydroxylation is 1. The highest BCUT2D eigenvalue weighted by Crippen LogP contribution is 2.22. The molecule has 0 heterocycles. The van der Waals surface area contributed by atoms with Crippen molar-refractivity contribution in [1.29, 1.82) is 0 Å². The molecule has 4 nitrogen and oxygen atoms in total. The monoisotopic (exact) mass is 451 g/mol. The Morgan fingerprint density at radius 2 is 1.32 bits per heavy atom. The number of hydrogen-bond donors (Lipinski definition) is 1. The van der Waals surface area contributed by atoms with Gasteiger partial charge < -0.3 is 14.8 Å². The lowest BCUT2D eigenvalue weighted by Crippen LogP contribution is -2.14. The van der Waals surface area contributed by atoms with Gasteiger partial charge in [0.2, 0.25) is 0 Å². The Hall–Kier alpha value is -4.05. The lowest BCUT2D eigenvalue weighted by molar-refractivity contribution is 0.102. The Balaban J connectivity index is 1.30. The van der Waals surface area contributed by atoms with Crippen LogP contribution < -0.4 is 14.8 Å². The van der Waals surface area contributed by atoms with E-state index in [9.17, 15) is 4.79 Å². The fourth-order valence-corrected chi connectivity index (χ4v) is 3.68. The van der Waals surface area contributed by atoms with E-state index in [1.54, 1.807) is 6.07 Å². The molecule has 0 atom stereocenters. The summed E-state index contributed by atoms with van der Waals surface area (Å²) in [5.74, 6) is 1.10. The Morgan fingerprint density at radius 1 is 0.647 bits per heavy atom. The molecule has 0 bridgehead atoms. The smallest absolute Gasteiger partial charge is 0.259 e. The first-order chi connectivity index (χ1) is 16.8. The van der Waals surface area contributed by atoms with E-state index in [4.69, 9.17) is 9.47 Å². The Kier molecular flexibility index (Phi) is 8.34. The Labute approximate surface area is 201 Å². The molecule has 4 aromatic rings. The van der Waals surface area contributed by atoms with Gasteiger partial charge in [0.05, 0.1) is 18.8 Å².